The first-order chi connectivity index (χ1) is 7.15. The lowest BCUT2D eigenvalue weighted by Crippen LogP contribution is -2.24. The number of aliphatic hydroxyl groups is 1. The molecular formula is C13H28O2. The Morgan fingerprint density at radius 2 is 1.93 bits per heavy atom. The number of ether oxygens (including phenoxy) is 1. The Morgan fingerprint density at radius 1 is 1.27 bits per heavy atom. The molecule has 0 spiro atoms. The standard InChI is InChI=1S/C13H28O2/c1-5-7-8-12(6-2)9-13(14)11(3)10-15-4/h11-14H,5-10H2,1-4H3. The minimum absolute atomic E-state index is 0.202. The van der Waals surface area contributed by atoms with Crippen LogP contribution >= 0.6 is 0 Å². The normalized spacial score (nSPS) is 17.4. The number of methoxy groups -OCH3 is 1. The van der Waals surface area contributed by atoms with Gasteiger partial charge in [0.05, 0.1) is 12.7 Å². The van der Waals surface area contributed by atoms with Crippen LogP contribution in [0.4, 0.5) is 0 Å². The van der Waals surface area contributed by atoms with Crippen LogP contribution in [-0.2, 0) is 4.74 Å². The molecule has 0 saturated heterocycles. The summed E-state index contributed by atoms with van der Waals surface area (Å²) in [5.41, 5.74) is 0. The fourth-order valence-electron chi connectivity index (χ4n) is 1.93. The summed E-state index contributed by atoms with van der Waals surface area (Å²) in [6.07, 6.45) is 5.69. The summed E-state index contributed by atoms with van der Waals surface area (Å²) in [4.78, 5) is 0. The van der Waals surface area contributed by atoms with E-state index in [-0.39, 0.29) is 12.0 Å². The second-order valence-corrected chi connectivity index (χ2v) is 4.65. The van der Waals surface area contributed by atoms with Crippen LogP contribution in [0.25, 0.3) is 0 Å². The molecule has 0 radical (unpaired) electrons. The van der Waals surface area contributed by atoms with Crippen molar-refractivity contribution in [2.75, 3.05) is 13.7 Å². The van der Waals surface area contributed by atoms with Crippen LogP contribution in [0.3, 0.4) is 0 Å². The highest BCUT2D eigenvalue weighted by atomic mass is 16.5. The molecule has 0 aliphatic heterocycles. The first-order valence-electron chi connectivity index (χ1n) is 6.32. The Labute approximate surface area is 95.0 Å². The second kappa shape index (κ2) is 9.17. The summed E-state index contributed by atoms with van der Waals surface area (Å²) < 4.78 is 5.06. The maximum Gasteiger partial charge on any atom is 0.0590 e. The molecule has 0 bridgehead atoms. The van der Waals surface area contributed by atoms with Crippen molar-refractivity contribution in [2.45, 2.75) is 59.0 Å². The van der Waals surface area contributed by atoms with Crippen LogP contribution in [-0.4, -0.2) is 24.9 Å². The molecule has 2 heteroatoms. The fourth-order valence-corrected chi connectivity index (χ4v) is 1.93. The van der Waals surface area contributed by atoms with Crippen LogP contribution in [0.15, 0.2) is 0 Å². The molecular weight excluding hydrogens is 188 g/mol. The Kier molecular flexibility index (Phi) is 9.12. The molecule has 0 aromatic heterocycles. The molecule has 92 valence electrons. The van der Waals surface area contributed by atoms with E-state index < -0.39 is 0 Å². The largest absolute Gasteiger partial charge is 0.393 e. The van der Waals surface area contributed by atoms with Gasteiger partial charge >= 0.3 is 0 Å². The zero-order valence-corrected chi connectivity index (χ0v) is 10.8. The van der Waals surface area contributed by atoms with Crippen molar-refractivity contribution in [2.24, 2.45) is 11.8 Å². The lowest BCUT2D eigenvalue weighted by Gasteiger charge is -2.23. The van der Waals surface area contributed by atoms with Crippen molar-refractivity contribution in [3.63, 3.8) is 0 Å². The summed E-state index contributed by atoms with van der Waals surface area (Å²) in [7, 11) is 1.69. The number of unbranched alkanes of at least 4 members (excludes halogenated alkanes) is 1. The summed E-state index contributed by atoms with van der Waals surface area (Å²) in [6, 6.07) is 0. The average Bonchev–Trinajstić information content (AvgIpc) is 2.24. The van der Waals surface area contributed by atoms with Gasteiger partial charge in [0.15, 0.2) is 0 Å². The Hall–Kier alpha value is -0.0800. The molecule has 3 atom stereocenters. The highest BCUT2D eigenvalue weighted by Crippen LogP contribution is 2.21. The fraction of sp³-hybridized carbons (Fsp3) is 1.00. The van der Waals surface area contributed by atoms with E-state index in [2.05, 4.69) is 20.8 Å². The van der Waals surface area contributed by atoms with E-state index in [1.807, 2.05) is 0 Å². The number of hydrogen-bond donors (Lipinski definition) is 1. The van der Waals surface area contributed by atoms with Gasteiger partial charge in [0.1, 0.15) is 0 Å². The first kappa shape index (κ1) is 14.9. The lowest BCUT2D eigenvalue weighted by atomic mass is 9.89. The summed E-state index contributed by atoms with van der Waals surface area (Å²) in [6.45, 7) is 7.15. The Balaban J connectivity index is 3.83. The monoisotopic (exact) mass is 216 g/mol. The van der Waals surface area contributed by atoms with Gasteiger partial charge in [-0.1, -0.05) is 46.5 Å². The predicted octanol–water partition coefficient (Wildman–Crippen LogP) is 3.24. The number of rotatable bonds is 9. The molecule has 1 N–H and O–H groups in total. The molecule has 15 heavy (non-hydrogen) atoms. The van der Waals surface area contributed by atoms with Gasteiger partial charge in [-0.15, -0.1) is 0 Å². The van der Waals surface area contributed by atoms with Gasteiger partial charge in [0, 0.05) is 13.0 Å². The van der Waals surface area contributed by atoms with Gasteiger partial charge in [-0.3, -0.25) is 0 Å². The third-order valence-electron chi connectivity index (χ3n) is 3.20. The Bertz CT molecular complexity index is 136. The topological polar surface area (TPSA) is 29.5 Å². The van der Waals surface area contributed by atoms with E-state index in [1.165, 1.54) is 25.7 Å². The van der Waals surface area contributed by atoms with Crippen LogP contribution in [0.1, 0.15) is 52.9 Å². The zero-order valence-electron chi connectivity index (χ0n) is 10.8. The van der Waals surface area contributed by atoms with E-state index in [1.54, 1.807) is 7.11 Å². The second-order valence-electron chi connectivity index (χ2n) is 4.65. The van der Waals surface area contributed by atoms with Crippen LogP contribution < -0.4 is 0 Å². The highest BCUT2D eigenvalue weighted by Gasteiger charge is 2.18. The summed E-state index contributed by atoms with van der Waals surface area (Å²) in [5.74, 6) is 0.935. The molecule has 0 aromatic rings. The summed E-state index contributed by atoms with van der Waals surface area (Å²) in [5, 5.41) is 9.97. The highest BCUT2D eigenvalue weighted by molar-refractivity contribution is 4.69. The van der Waals surface area contributed by atoms with E-state index in [0.717, 1.165) is 6.42 Å². The summed E-state index contributed by atoms with van der Waals surface area (Å²) >= 11 is 0. The maximum absolute atomic E-state index is 9.97. The smallest absolute Gasteiger partial charge is 0.0590 e. The van der Waals surface area contributed by atoms with E-state index >= 15 is 0 Å². The molecule has 0 rings (SSSR count). The maximum atomic E-state index is 9.97. The van der Waals surface area contributed by atoms with Crippen LogP contribution in [0.5, 0.6) is 0 Å². The molecule has 0 amide bonds. The predicted molar refractivity (Wildman–Crippen MR) is 65.0 cm³/mol. The van der Waals surface area contributed by atoms with Gasteiger partial charge in [0.2, 0.25) is 0 Å². The molecule has 0 aliphatic carbocycles. The molecule has 0 heterocycles. The molecule has 0 aliphatic rings. The van der Waals surface area contributed by atoms with Gasteiger partial charge in [-0.2, -0.15) is 0 Å². The van der Waals surface area contributed by atoms with Crippen molar-refractivity contribution in [1.29, 1.82) is 0 Å². The van der Waals surface area contributed by atoms with Gasteiger partial charge < -0.3 is 9.84 Å². The third-order valence-corrected chi connectivity index (χ3v) is 3.20. The van der Waals surface area contributed by atoms with Crippen molar-refractivity contribution >= 4 is 0 Å². The van der Waals surface area contributed by atoms with Crippen LogP contribution in [0, 0.1) is 11.8 Å². The SMILES string of the molecule is CCCCC(CC)CC(O)C(C)COC. The molecule has 0 fully saturated rings. The molecule has 2 nitrogen and oxygen atoms in total. The van der Waals surface area contributed by atoms with E-state index in [4.69, 9.17) is 4.74 Å². The van der Waals surface area contributed by atoms with Crippen molar-refractivity contribution in [1.82, 2.24) is 0 Å². The first-order valence-corrected chi connectivity index (χ1v) is 6.32. The van der Waals surface area contributed by atoms with Crippen LogP contribution in [0.2, 0.25) is 0 Å². The van der Waals surface area contributed by atoms with Crippen molar-refractivity contribution < 1.29 is 9.84 Å². The Morgan fingerprint density at radius 3 is 2.40 bits per heavy atom. The number of aliphatic hydroxyl groups excluding tert-OH is 1. The van der Waals surface area contributed by atoms with Gasteiger partial charge in [-0.05, 0) is 12.3 Å². The minimum Gasteiger partial charge on any atom is -0.393 e. The molecule has 0 saturated carbocycles. The van der Waals surface area contributed by atoms with Crippen molar-refractivity contribution in [3.8, 4) is 0 Å². The van der Waals surface area contributed by atoms with Gasteiger partial charge in [-0.25, -0.2) is 0 Å². The van der Waals surface area contributed by atoms with Crippen molar-refractivity contribution in [3.05, 3.63) is 0 Å². The minimum atomic E-state index is -0.202. The van der Waals surface area contributed by atoms with Gasteiger partial charge in [0.25, 0.3) is 0 Å². The average molecular weight is 216 g/mol. The molecule has 0 aromatic carbocycles. The number of hydrogen-bond acceptors (Lipinski definition) is 2. The van der Waals surface area contributed by atoms with E-state index in [0.29, 0.717) is 12.5 Å². The van der Waals surface area contributed by atoms with E-state index in [9.17, 15) is 5.11 Å². The third kappa shape index (κ3) is 6.91. The zero-order chi connectivity index (χ0) is 11.7. The quantitative estimate of drug-likeness (QED) is 0.641. The molecule has 3 unspecified atom stereocenters. The lowest BCUT2D eigenvalue weighted by molar-refractivity contribution is 0.0398.